The number of H-pyrrole nitrogens is 1. The lowest BCUT2D eigenvalue weighted by Crippen LogP contribution is -1.96. The Balaban J connectivity index is 1.94. The van der Waals surface area contributed by atoms with E-state index < -0.39 is 0 Å². The quantitative estimate of drug-likeness (QED) is 0.335. The van der Waals surface area contributed by atoms with Crippen molar-refractivity contribution in [3.8, 4) is 11.1 Å². The summed E-state index contributed by atoms with van der Waals surface area (Å²) in [6, 6.07) is 19.3. The smallest absolute Gasteiger partial charge is 0.0548 e. The molecule has 0 saturated carbocycles. The van der Waals surface area contributed by atoms with Crippen LogP contribution in [0.5, 0.6) is 0 Å². The Morgan fingerprint density at radius 1 is 0.800 bits per heavy atom. The van der Waals surface area contributed by atoms with Crippen molar-refractivity contribution in [2.75, 3.05) is 5.73 Å². The SMILES string of the molecule is Nc1ccccc1-c1cc2c(c3c1[nH]c1ccccc13)CCCCC2. The van der Waals surface area contributed by atoms with E-state index in [1.807, 2.05) is 12.1 Å². The summed E-state index contributed by atoms with van der Waals surface area (Å²) >= 11 is 0. The number of hydrogen-bond donors (Lipinski definition) is 2. The van der Waals surface area contributed by atoms with Gasteiger partial charge in [0, 0.05) is 33.1 Å². The molecule has 1 aromatic heterocycles. The van der Waals surface area contributed by atoms with Gasteiger partial charge in [-0.2, -0.15) is 0 Å². The third-order valence-electron chi connectivity index (χ3n) is 5.61. The Labute approximate surface area is 147 Å². The van der Waals surface area contributed by atoms with Gasteiger partial charge in [0.05, 0.1) is 5.52 Å². The van der Waals surface area contributed by atoms with E-state index in [-0.39, 0.29) is 0 Å². The van der Waals surface area contributed by atoms with Crippen LogP contribution in [0.3, 0.4) is 0 Å². The van der Waals surface area contributed by atoms with Crippen LogP contribution in [0.25, 0.3) is 32.9 Å². The molecule has 2 nitrogen and oxygen atoms in total. The average Bonchev–Trinajstić information content (AvgIpc) is 2.86. The number of hydrogen-bond acceptors (Lipinski definition) is 1. The standard InChI is InChI=1S/C23H22N2/c24-20-12-6-4-10-17(20)19-14-15-8-2-1-3-9-16(15)22-18-11-5-7-13-21(18)25-23(19)22/h4-7,10-14,25H,1-3,8-9,24H2. The van der Waals surface area contributed by atoms with Crippen LogP contribution in [0, 0.1) is 0 Å². The minimum absolute atomic E-state index is 0.844. The Bertz CT molecular complexity index is 1090. The highest BCUT2D eigenvalue weighted by atomic mass is 14.7. The van der Waals surface area contributed by atoms with Gasteiger partial charge in [0.2, 0.25) is 0 Å². The zero-order chi connectivity index (χ0) is 16.8. The number of anilines is 1. The van der Waals surface area contributed by atoms with Gasteiger partial charge in [0.25, 0.3) is 0 Å². The minimum atomic E-state index is 0.844. The number of benzene rings is 3. The second-order valence-corrected chi connectivity index (χ2v) is 7.13. The fourth-order valence-electron chi connectivity index (χ4n) is 4.41. The molecule has 0 fully saturated rings. The summed E-state index contributed by atoms with van der Waals surface area (Å²) in [5.41, 5.74) is 15.0. The normalized spacial score (nSPS) is 14.6. The molecule has 0 atom stereocenters. The molecule has 2 heteroatoms. The summed E-state index contributed by atoms with van der Waals surface area (Å²) in [7, 11) is 0. The highest BCUT2D eigenvalue weighted by molar-refractivity contribution is 6.14. The first-order valence-corrected chi connectivity index (χ1v) is 9.23. The van der Waals surface area contributed by atoms with E-state index in [9.17, 15) is 0 Å². The first-order valence-electron chi connectivity index (χ1n) is 9.23. The molecule has 0 radical (unpaired) electrons. The van der Waals surface area contributed by atoms with Gasteiger partial charge in [0.15, 0.2) is 0 Å². The van der Waals surface area contributed by atoms with Gasteiger partial charge in [-0.1, -0.05) is 42.8 Å². The summed E-state index contributed by atoms with van der Waals surface area (Å²) < 4.78 is 0. The van der Waals surface area contributed by atoms with E-state index in [4.69, 9.17) is 5.73 Å². The molecule has 0 unspecified atom stereocenters. The summed E-state index contributed by atoms with van der Waals surface area (Å²) in [5, 5.41) is 2.75. The molecule has 3 N–H and O–H groups in total. The van der Waals surface area contributed by atoms with Crippen LogP contribution in [0.2, 0.25) is 0 Å². The Morgan fingerprint density at radius 3 is 2.52 bits per heavy atom. The lowest BCUT2D eigenvalue weighted by Gasteiger charge is -2.14. The van der Waals surface area contributed by atoms with Crippen molar-refractivity contribution in [1.82, 2.24) is 4.98 Å². The second kappa shape index (κ2) is 5.66. The minimum Gasteiger partial charge on any atom is -0.398 e. The van der Waals surface area contributed by atoms with Crippen LogP contribution >= 0.6 is 0 Å². The van der Waals surface area contributed by atoms with Crippen LogP contribution in [0.4, 0.5) is 5.69 Å². The van der Waals surface area contributed by atoms with Crippen LogP contribution in [0.15, 0.2) is 54.6 Å². The Kier molecular flexibility index (Phi) is 3.30. The number of fused-ring (bicyclic) bond motifs is 5. The number of aromatic nitrogens is 1. The summed E-state index contributed by atoms with van der Waals surface area (Å²) in [4.78, 5) is 3.69. The third kappa shape index (κ3) is 2.25. The number of para-hydroxylation sites is 2. The third-order valence-corrected chi connectivity index (χ3v) is 5.61. The molecule has 3 aromatic carbocycles. The topological polar surface area (TPSA) is 41.8 Å². The van der Waals surface area contributed by atoms with Gasteiger partial charge in [-0.25, -0.2) is 0 Å². The maximum absolute atomic E-state index is 6.33. The Morgan fingerprint density at radius 2 is 1.60 bits per heavy atom. The number of aryl methyl sites for hydroxylation is 2. The fourth-order valence-corrected chi connectivity index (χ4v) is 4.41. The molecule has 0 spiro atoms. The van der Waals surface area contributed by atoms with Crippen molar-refractivity contribution in [1.29, 1.82) is 0 Å². The van der Waals surface area contributed by atoms with Crippen molar-refractivity contribution in [3.05, 3.63) is 65.7 Å². The molecule has 0 bridgehead atoms. The van der Waals surface area contributed by atoms with Crippen LogP contribution in [0.1, 0.15) is 30.4 Å². The second-order valence-electron chi connectivity index (χ2n) is 7.13. The van der Waals surface area contributed by atoms with E-state index in [1.165, 1.54) is 65.0 Å². The molecule has 0 amide bonds. The highest BCUT2D eigenvalue weighted by Crippen LogP contribution is 2.40. The van der Waals surface area contributed by atoms with Crippen LogP contribution in [-0.4, -0.2) is 4.98 Å². The average molecular weight is 326 g/mol. The molecule has 0 aliphatic heterocycles. The number of nitrogens with two attached hydrogens (primary N) is 1. The van der Waals surface area contributed by atoms with Crippen molar-refractivity contribution in [2.24, 2.45) is 0 Å². The number of nitrogens with one attached hydrogen (secondary N) is 1. The van der Waals surface area contributed by atoms with Crippen molar-refractivity contribution in [2.45, 2.75) is 32.1 Å². The van der Waals surface area contributed by atoms with Gasteiger partial charge in [-0.3, -0.25) is 0 Å². The molecule has 124 valence electrons. The van der Waals surface area contributed by atoms with E-state index in [0.29, 0.717) is 0 Å². The Hall–Kier alpha value is -2.74. The zero-order valence-corrected chi connectivity index (χ0v) is 14.3. The predicted molar refractivity (Wildman–Crippen MR) is 107 cm³/mol. The van der Waals surface area contributed by atoms with E-state index >= 15 is 0 Å². The van der Waals surface area contributed by atoms with Crippen molar-refractivity contribution in [3.63, 3.8) is 0 Å². The summed E-state index contributed by atoms with van der Waals surface area (Å²) in [5.74, 6) is 0. The van der Waals surface area contributed by atoms with Gasteiger partial charge >= 0.3 is 0 Å². The molecule has 1 heterocycles. The van der Waals surface area contributed by atoms with Gasteiger partial charge < -0.3 is 10.7 Å². The fraction of sp³-hybridized carbons (Fsp3) is 0.217. The van der Waals surface area contributed by atoms with E-state index in [1.54, 1.807) is 5.56 Å². The number of rotatable bonds is 1. The maximum Gasteiger partial charge on any atom is 0.0548 e. The molecule has 25 heavy (non-hydrogen) atoms. The van der Waals surface area contributed by atoms with Crippen molar-refractivity contribution >= 4 is 27.5 Å². The lowest BCUT2D eigenvalue weighted by atomic mass is 9.91. The van der Waals surface area contributed by atoms with E-state index in [0.717, 1.165) is 11.3 Å². The molecule has 1 aliphatic carbocycles. The van der Waals surface area contributed by atoms with Crippen molar-refractivity contribution < 1.29 is 0 Å². The number of nitrogen functional groups attached to an aromatic ring is 1. The molecule has 4 aromatic rings. The molecule has 5 rings (SSSR count). The largest absolute Gasteiger partial charge is 0.398 e. The molecular weight excluding hydrogens is 304 g/mol. The summed E-state index contributed by atoms with van der Waals surface area (Å²) in [6.07, 6.45) is 6.24. The highest BCUT2D eigenvalue weighted by Gasteiger charge is 2.19. The lowest BCUT2D eigenvalue weighted by molar-refractivity contribution is 0.712. The first kappa shape index (κ1) is 14.6. The van der Waals surface area contributed by atoms with Gasteiger partial charge in [-0.15, -0.1) is 0 Å². The van der Waals surface area contributed by atoms with Crippen LogP contribution in [-0.2, 0) is 12.8 Å². The first-order chi connectivity index (χ1) is 12.3. The van der Waals surface area contributed by atoms with Gasteiger partial charge in [0.1, 0.15) is 0 Å². The zero-order valence-electron chi connectivity index (χ0n) is 14.3. The number of aromatic amines is 1. The molecular formula is C23H22N2. The van der Waals surface area contributed by atoms with Crippen LogP contribution < -0.4 is 5.73 Å². The maximum atomic E-state index is 6.33. The monoisotopic (exact) mass is 326 g/mol. The predicted octanol–water partition coefficient (Wildman–Crippen LogP) is 5.84. The molecule has 0 saturated heterocycles. The molecule has 1 aliphatic rings. The summed E-state index contributed by atoms with van der Waals surface area (Å²) in [6.45, 7) is 0. The van der Waals surface area contributed by atoms with Gasteiger partial charge in [-0.05, 0) is 55.0 Å². The van der Waals surface area contributed by atoms with E-state index in [2.05, 4.69) is 47.4 Å².